The molecule has 28 heavy (non-hydrogen) atoms. The van der Waals surface area contributed by atoms with Crippen LogP contribution in [0.25, 0.3) is 0 Å². The maximum Gasteiger partial charge on any atom is 0.258 e. The molecule has 3 rings (SSSR count). The van der Waals surface area contributed by atoms with Crippen molar-refractivity contribution in [3.05, 3.63) is 58.0 Å². The summed E-state index contributed by atoms with van der Waals surface area (Å²) in [6.07, 6.45) is 3.01. The van der Waals surface area contributed by atoms with Crippen LogP contribution in [0.4, 0.5) is 5.69 Å². The van der Waals surface area contributed by atoms with Gasteiger partial charge in [-0.3, -0.25) is 9.59 Å². The van der Waals surface area contributed by atoms with Crippen molar-refractivity contribution in [3.63, 3.8) is 0 Å². The predicted molar refractivity (Wildman–Crippen MR) is 108 cm³/mol. The monoisotopic (exact) mass is 403 g/mol. The highest BCUT2D eigenvalue weighted by atomic mass is 32.2. The zero-order valence-corrected chi connectivity index (χ0v) is 17.2. The van der Waals surface area contributed by atoms with E-state index in [0.717, 1.165) is 12.0 Å². The maximum atomic E-state index is 13.0. The highest BCUT2D eigenvalue weighted by Gasteiger charge is 2.27. The van der Waals surface area contributed by atoms with Crippen LogP contribution in [0.1, 0.15) is 36.2 Å². The lowest BCUT2D eigenvalue weighted by Crippen LogP contribution is -2.36. The number of anilines is 1. The Hall–Kier alpha value is -2.45. The average Bonchev–Trinajstić information content (AvgIpc) is 2.69. The smallest absolute Gasteiger partial charge is 0.258 e. The van der Waals surface area contributed by atoms with Gasteiger partial charge in [-0.25, -0.2) is 8.42 Å². The molecule has 1 aliphatic heterocycles. The topological polar surface area (TPSA) is 79.7 Å². The molecule has 0 aliphatic carbocycles. The van der Waals surface area contributed by atoms with Gasteiger partial charge in [-0.15, -0.1) is 0 Å². The molecule has 0 radical (unpaired) electrons. The quantitative estimate of drug-likeness (QED) is 0.765. The maximum absolute atomic E-state index is 13.0. The van der Waals surface area contributed by atoms with Gasteiger partial charge in [0.15, 0.2) is 0 Å². The summed E-state index contributed by atoms with van der Waals surface area (Å²) in [6, 6.07) is 7.88. The Labute approximate surface area is 165 Å². The van der Waals surface area contributed by atoms with Crippen LogP contribution >= 0.6 is 0 Å². The fraction of sp³-hybridized carbons (Fsp3) is 0.400. The van der Waals surface area contributed by atoms with Gasteiger partial charge in [0.2, 0.25) is 10.0 Å². The summed E-state index contributed by atoms with van der Waals surface area (Å²) in [7, 11) is -1.92. The largest absolute Gasteiger partial charge is 0.319 e. The molecule has 0 saturated heterocycles. The van der Waals surface area contributed by atoms with E-state index in [-0.39, 0.29) is 16.4 Å². The molecule has 1 aliphatic rings. The summed E-state index contributed by atoms with van der Waals surface area (Å²) < 4.78 is 28.4. The number of rotatable bonds is 5. The molecule has 0 bridgehead atoms. The highest BCUT2D eigenvalue weighted by Crippen LogP contribution is 2.31. The van der Waals surface area contributed by atoms with Crippen molar-refractivity contribution in [2.75, 3.05) is 24.5 Å². The Morgan fingerprint density at radius 1 is 1.14 bits per heavy atom. The average molecular weight is 404 g/mol. The number of pyridine rings is 1. The van der Waals surface area contributed by atoms with Crippen LogP contribution in [-0.2, 0) is 23.5 Å². The first-order valence-corrected chi connectivity index (χ1v) is 10.8. The zero-order chi connectivity index (χ0) is 20.5. The fourth-order valence-electron chi connectivity index (χ4n) is 3.49. The van der Waals surface area contributed by atoms with E-state index in [9.17, 15) is 18.0 Å². The third-order valence-electron chi connectivity index (χ3n) is 5.11. The third-order valence-corrected chi connectivity index (χ3v) is 7.16. The summed E-state index contributed by atoms with van der Waals surface area (Å²) in [4.78, 5) is 26.7. The zero-order valence-electron chi connectivity index (χ0n) is 16.4. The number of fused-ring (bicyclic) bond motifs is 1. The van der Waals surface area contributed by atoms with E-state index in [2.05, 4.69) is 0 Å². The molecule has 1 aromatic carbocycles. The van der Waals surface area contributed by atoms with Gasteiger partial charge in [0.1, 0.15) is 0 Å². The number of benzene rings is 1. The van der Waals surface area contributed by atoms with E-state index in [0.29, 0.717) is 37.3 Å². The Morgan fingerprint density at radius 3 is 2.50 bits per heavy atom. The number of hydrogen-bond acceptors (Lipinski definition) is 4. The van der Waals surface area contributed by atoms with Crippen molar-refractivity contribution in [1.29, 1.82) is 0 Å². The van der Waals surface area contributed by atoms with E-state index in [1.54, 1.807) is 42.4 Å². The van der Waals surface area contributed by atoms with Gasteiger partial charge in [0.05, 0.1) is 4.90 Å². The number of nitrogens with zero attached hydrogens (tertiary/aromatic N) is 3. The summed E-state index contributed by atoms with van der Waals surface area (Å²) >= 11 is 0. The second kappa shape index (κ2) is 7.89. The second-order valence-corrected chi connectivity index (χ2v) is 8.74. The van der Waals surface area contributed by atoms with E-state index in [1.165, 1.54) is 14.9 Å². The lowest BCUT2D eigenvalue weighted by molar-refractivity contribution is 0.0985. The van der Waals surface area contributed by atoms with Crippen LogP contribution < -0.4 is 10.5 Å². The molecule has 1 amide bonds. The molecule has 8 heteroatoms. The lowest BCUT2D eigenvalue weighted by Gasteiger charge is -2.30. The lowest BCUT2D eigenvalue weighted by atomic mass is 10.0. The van der Waals surface area contributed by atoms with Gasteiger partial charge in [-0.05, 0) is 42.7 Å². The molecule has 2 aromatic rings. The molecule has 0 fully saturated rings. The van der Waals surface area contributed by atoms with Gasteiger partial charge in [-0.1, -0.05) is 13.8 Å². The SMILES string of the molecule is CCN(CC)S(=O)(=O)c1ccc2c(c1)CCCN2C(=O)c1ccn(C)c(=O)c1. The number of carbonyl (C=O) groups excluding carboxylic acids is 1. The molecule has 7 nitrogen and oxygen atoms in total. The van der Waals surface area contributed by atoms with Crippen molar-refractivity contribution in [2.45, 2.75) is 31.6 Å². The van der Waals surface area contributed by atoms with Crippen LogP contribution in [0.2, 0.25) is 0 Å². The summed E-state index contributed by atoms with van der Waals surface area (Å²) in [5, 5.41) is 0. The van der Waals surface area contributed by atoms with Gasteiger partial charge < -0.3 is 9.47 Å². The number of aryl methyl sites for hydroxylation is 2. The van der Waals surface area contributed by atoms with Gasteiger partial charge in [-0.2, -0.15) is 4.31 Å². The molecule has 150 valence electrons. The van der Waals surface area contributed by atoms with Crippen LogP contribution in [0.15, 0.2) is 46.2 Å². The van der Waals surface area contributed by atoms with E-state index in [4.69, 9.17) is 0 Å². The Kier molecular flexibility index (Phi) is 5.71. The Morgan fingerprint density at radius 2 is 1.86 bits per heavy atom. The van der Waals surface area contributed by atoms with Crippen LogP contribution in [-0.4, -0.2) is 42.8 Å². The van der Waals surface area contributed by atoms with Crippen molar-refractivity contribution in [3.8, 4) is 0 Å². The predicted octanol–water partition coefficient (Wildman–Crippen LogP) is 2.01. The summed E-state index contributed by atoms with van der Waals surface area (Å²) in [5.74, 6) is -0.252. The van der Waals surface area contributed by atoms with Crippen LogP contribution in [0, 0.1) is 0 Å². The first-order valence-electron chi connectivity index (χ1n) is 9.41. The van der Waals surface area contributed by atoms with Crippen LogP contribution in [0.5, 0.6) is 0 Å². The molecule has 0 saturated carbocycles. The van der Waals surface area contributed by atoms with Gasteiger partial charge >= 0.3 is 0 Å². The normalized spacial score (nSPS) is 14.2. The van der Waals surface area contributed by atoms with Crippen LogP contribution in [0.3, 0.4) is 0 Å². The summed E-state index contributed by atoms with van der Waals surface area (Å²) in [6.45, 7) is 4.96. The molecule has 0 unspecified atom stereocenters. The number of amides is 1. The molecule has 0 N–H and O–H groups in total. The Bertz CT molecular complexity index is 1060. The standard InChI is InChI=1S/C20H25N3O4S/c1-4-22(5-2)28(26,27)17-8-9-18-15(13-17)7-6-11-23(18)20(25)16-10-12-21(3)19(24)14-16/h8-10,12-14H,4-7,11H2,1-3H3. The summed E-state index contributed by atoms with van der Waals surface area (Å²) in [5.41, 5.74) is 1.62. The number of sulfonamides is 1. The fourth-order valence-corrected chi connectivity index (χ4v) is 5.00. The number of hydrogen-bond donors (Lipinski definition) is 0. The minimum absolute atomic E-state index is 0.247. The third kappa shape index (κ3) is 3.62. The molecular formula is C20H25N3O4S. The minimum atomic E-state index is -3.55. The van der Waals surface area contributed by atoms with Crippen molar-refractivity contribution in [1.82, 2.24) is 8.87 Å². The highest BCUT2D eigenvalue weighted by molar-refractivity contribution is 7.89. The number of aromatic nitrogens is 1. The molecule has 0 spiro atoms. The second-order valence-electron chi connectivity index (χ2n) is 6.80. The first kappa shape index (κ1) is 20.3. The molecule has 1 aromatic heterocycles. The molecule has 2 heterocycles. The van der Waals surface area contributed by atoms with Crippen molar-refractivity contribution in [2.24, 2.45) is 7.05 Å². The number of carbonyl (C=O) groups is 1. The first-order chi connectivity index (χ1) is 13.3. The van der Waals surface area contributed by atoms with E-state index in [1.807, 2.05) is 13.8 Å². The van der Waals surface area contributed by atoms with Gasteiger partial charge in [0.25, 0.3) is 11.5 Å². The minimum Gasteiger partial charge on any atom is -0.319 e. The van der Waals surface area contributed by atoms with Gasteiger partial charge in [0, 0.05) is 50.2 Å². The van der Waals surface area contributed by atoms with E-state index >= 15 is 0 Å². The van der Waals surface area contributed by atoms with Crippen molar-refractivity contribution >= 4 is 21.6 Å². The van der Waals surface area contributed by atoms with E-state index < -0.39 is 10.0 Å². The molecule has 0 atom stereocenters. The Balaban J connectivity index is 1.98. The van der Waals surface area contributed by atoms with Crippen molar-refractivity contribution < 1.29 is 13.2 Å². The molecular weight excluding hydrogens is 378 g/mol.